The fourth-order valence-electron chi connectivity index (χ4n) is 3.13. The molecule has 0 spiro atoms. The summed E-state index contributed by atoms with van der Waals surface area (Å²) in [5.74, 6) is -1.64. The summed E-state index contributed by atoms with van der Waals surface area (Å²) in [4.78, 5) is 28.5. The summed E-state index contributed by atoms with van der Waals surface area (Å²) in [7, 11) is 0. The van der Waals surface area contributed by atoms with Crippen LogP contribution in [0.25, 0.3) is 5.65 Å². The van der Waals surface area contributed by atoms with E-state index in [9.17, 15) is 14.7 Å². The van der Waals surface area contributed by atoms with E-state index in [2.05, 4.69) is 4.98 Å². The number of likely N-dealkylation sites (tertiary alicyclic amines) is 1. The predicted molar refractivity (Wildman–Crippen MR) is 85.2 cm³/mol. The fraction of sp³-hybridized carbons (Fsp3) is 0.438. The van der Waals surface area contributed by atoms with Crippen molar-refractivity contribution < 1.29 is 19.8 Å². The summed E-state index contributed by atoms with van der Waals surface area (Å²) in [6, 6.07) is 2.79. The molecule has 0 bridgehead atoms. The van der Waals surface area contributed by atoms with Gasteiger partial charge in [-0.15, -0.1) is 0 Å². The fourth-order valence-corrected chi connectivity index (χ4v) is 3.13. The number of β-amino-alcohol motifs (C(OH)–C–C–N with tert-alkyl or cyclic N) is 1. The molecule has 0 radical (unpaired) electrons. The quantitative estimate of drug-likeness (QED) is 0.678. The SMILES string of the molecule is N[C@@H](CC(=O)O)C(=O)N1C[C@H](Cc2ccc3nccn3c2)[C@H](O)C1. The van der Waals surface area contributed by atoms with E-state index in [1.807, 2.05) is 28.9 Å². The van der Waals surface area contributed by atoms with Crippen molar-refractivity contribution in [3.05, 3.63) is 36.3 Å². The number of hydrogen-bond donors (Lipinski definition) is 3. The topological polar surface area (TPSA) is 121 Å². The summed E-state index contributed by atoms with van der Waals surface area (Å²) >= 11 is 0. The minimum Gasteiger partial charge on any atom is -0.481 e. The highest BCUT2D eigenvalue weighted by atomic mass is 16.4. The first-order valence-corrected chi connectivity index (χ1v) is 7.80. The van der Waals surface area contributed by atoms with Gasteiger partial charge in [0.1, 0.15) is 5.65 Å². The van der Waals surface area contributed by atoms with Crippen molar-refractivity contribution in [1.29, 1.82) is 0 Å². The third-order valence-corrected chi connectivity index (χ3v) is 4.38. The number of hydrogen-bond acceptors (Lipinski definition) is 5. The average molecular weight is 332 g/mol. The Morgan fingerprint density at radius 3 is 2.92 bits per heavy atom. The van der Waals surface area contributed by atoms with Crippen molar-refractivity contribution in [2.24, 2.45) is 11.7 Å². The zero-order chi connectivity index (χ0) is 17.3. The van der Waals surface area contributed by atoms with Crippen molar-refractivity contribution in [3.8, 4) is 0 Å². The van der Waals surface area contributed by atoms with Crippen LogP contribution in [0.3, 0.4) is 0 Å². The van der Waals surface area contributed by atoms with E-state index in [0.29, 0.717) is 13.0 Å². The Morgan fingerprint density at radius 1 is 1.38 bits per heavy atom. The van der Waals surface area contributed by atoms with Crippen LogP contribution < -0.4 is 5.73 Å². The molecule has 0 saturated carbocycles. The molecular weight excluding hydrogens is 312 g/mol. The molecule has 1 amide bonds. The molecule has 8 nitrogen and oxygen atoms in total. The van der Waals surface area contributed by atoms with E-state index in [4.69, 9.17) is 10.8 Å². The van der Waals surface area contributed by atoms with Crippen LogP contribution in [-0.4, -0.2) is 61.6 Å². The molecule has 1 aliphatic heterocycles. The standard InChI is InChI=1S/C16H20N4O4/c17-12(6-15(22)23)16(24)20-8-11(13(21)9-20)5-10-1-2-14-18-3-4-19(14)7-10/h1-4,7,11-13,21H,5-6,8-9,17H2,(H,22,23)/t11-,12-,13+/m0/s1. The number of carboxylic acids is 1. The molecule has 1 fully saturated rings. The van der Waals surface area contributed by atoms with Gasteiger partial charge in [-0.3, -0.25) is 9.59 Å². The van der Waals surface area contributed by atoms with Crippen LogP contribution in [0.1, 0.15) is 12.0 Å². The number of fused-ring (bicyclic) bond motifs is 1. The molecule has 128 valence electrons. The largest absolute Gasteiger partial charge is 0.481 e. The summed E-state index contributed by atoms with van der Waals surface area (Å²) in [5.41, 5.74) is 7.51. The Balaban J connectivity index is 1.65. The third kappa shape index (κ3) is 3.39. The number of carbonyl (C=O) groups is 2. The van der Waals surface area contributed by atoms with Crippen molar-refractivity contribution >= 4 is 17.5 Å². The van der Waals surface area contributed by atoms with Gasteiger partial charge in [0.05, 0.1) is 18.6 Å². The molecule has 2 aromatic rings. The maximum Gasteiger partial charge on any atom is 0.305 e. The van der Waals surface area contributed by atoms with Gasteiger partial charge in [0, 0.05) is 37.6 Å². The molecule has 2 aromatic heterocycles. The van der Waals surface area contributed by atoms with E-state index in [1.165, 1.54) is 4.90 Å². The second kappa shape index (κ2) is 6.58. The number of nitrogens with zero attached hydrogens (tertiary/aromatic N) is 3. The Kier molecular flexibility index (Phi) is 4.50. The first kappa shape index (κ1) is 16.4. The van der Waals surface area contributed by atoms with Crippen molar-refractivity contribution in [3.63, 3.8) is 0 Å². The number of aromatic nitrogens is 2. The molecular formula is C16H20N4O4. The van der Waals surface area contributed by atoms with Gasteiger partial charge in [0.15, 0.2) is 0 Å². The molecule has 0 aliphatic carbocycles. The number of aliphatic carboxylic acids is 1. The predicted octanol–water partition coefficient (Wildman–Crippen LogP) is -0.502. The van der Waals surface area contributed by atoms with Crippen LogP contribution in [0.4, 0.5) is 0 Å². The minimum atomic E-state index is -1.11. The maximum absolute atomic E-state index is 12.2. The lowest BCUT2D eigenvalue weighted by Crippen LogP contribution is -2.44. The number of carboxylic acid groups (broad SMARTS) is 1. The molecule has 1 saturated heterocycles. The Labute approximate surface area is 138 Å². The summed E-state index contributed by atoms with van der Waals surface area (Å²) < 4.78 is 1.91. The Bertz CT molecular complexity index is 759. The Hall–Kier alpha value is -2.45. The van der Waals surface area contributed by atoms with Crippen LogP contribution in [0, 0.1) is 5.92 Å². The van der Waals surface area contributed by atoms with Gasteiger partial charge in [-0.2, -0.15) is 0 Å². The van der Waals surface area contributed by atoms with E-state index in [1.54, 1.807) is 6.20 Å². The van der Waals surface area contributed by atoms with E-state index >= 15 is 0 Å². The van der Waals surface area contributed by atoms with Crippen LogP contribution in [0.15, 0.2) is 30.7 Å². The van der Waals surface area contributed by atoms with Gasteiger partial charge < -0.3 is 25.2 Å². The first-order valence-electron chi connectivity index (χ1n) is 7.80. The van der Waals surface area contributed by atoms with Crippen LogP contribution in [-0.2, 0) is 16.0 Å². The highest BCUT2D eigenvalue weighted by Gasteiger charge is 2.36. The molecule has 4 N–H and O–H groups in total. The molecule has 24 heavy (non-hydrogen) atoms. The number of nitrogens with two attached hydrogens (primary N) is 1. The summed E-state index contributed by atoms with van der Waals surface area (Å²) in [5, 5.41) is 19.0. The number of carbonyl (C=O) groups excluding carboxylic acids is 1. The molecule has 3 heterocycles. The van der Waals surface area contributed by atoms with Crippen molar-refractivity contribution in [2.75, 3.05) is 13.1 Å². The number of aliphatic hydroxyl groups is 1. The van der Waals surface area contributed by atoms with Gasteiger partial charge in [-0.05, 0) is 18.1 Å². The van der Waals surface area contributed by atoms with Crippen molar-refractivity contribution in [1.82, 2.24) is 14.3 Å². The smallest absolute Gasteiger partial charge is 0.305 e. The number of aliphatic hydroxyl groups excluding tert-OH is 1. The molecule has 1 aliphatic rings. The summed E-state index contributed by atoms with van der Waals surface area (Å²) in [6.45, 7) is 0.555. The maximum atomic E-state index is 12.2. The number of pyridine rings is 1. The molecule has 0 unspecified atom stereocenters. The average Bonchev–Trinajstić information content (AvgIpc) is 3.12. The van der Waals surface area contributed by atoms with Crippen LogP contribution >= 0.6 is 0 Å². The van der Waals surface area contributed by atoms with Crippen LogP contribution in [0.2, 0.25) is 0 Å². The van der Waals surface area contributed by atoms with E-state index < -0.39 is 30.4 Å². The lowest BCUT2D eigenvalue weighted by Gasteiger charge is -2.19. The van der Waals surface area contributed by atoms with Gasteiger partial charge in [0.25, 0.3) is 0 Å². The molecule has 0 aromatic carbocycles. The molecule has 3 rings (SSSR count). The van der Waals surface area contributed by atoms with Gasteiger partial charge in [-0.1, -0.05) is 6.07 Å². The third-order valence-electron chi connectivity index (χ3n) is 4.38. The molecule has 3 atom stereocenters. The normalized spacial score (nSPS) is 22.0. The zero-order valence-corrected chi connectivity index (χ0v) is 13.1. The molecule has 8 heteroatoms. The number of imidazole rings is 1. The highest BCUT2D eigenvalue weighted by molar-refractivity contribution is 5.86. The monoisotopic (exact) mass is 332 g/mol. The summed E-state index contributed by atoms with van der Waals surface area (Å²) in [6.07, 6.45) is 5.08. The van der Waals surface area contributed by atoms with Gasteiger partial charge in [0.2, 0.25) is 5.91 Å². The zero-order valence-electron chi connectivity index (χ0n) is 13.1. The number of amides is 1. The lowest BCUT2D eigenvalue weighted by atomic mass is 9.98. The lowest BCUT2D eigenvalue weighted by molar-refractivity contribution is -0.141. The number of rotatable bonds is 5. The second-order valence-electron chi connectivity index (χ2n) is 6.21. The first-order chi connectivity index (χ1) is 11.4. The van der Waals surface area contributed by atoms with E-state index in [0.717, 1.165) is 11.2 Å². The van der Waals surface area contributed by atoms with Crippen molar-refractivity contribution in [2.45, 2.75) is 25.0 Å². The Morgan fingerprint density at radius 2 is 2.17 bits per heavy atom. The van der Waals surface area contributed by atoms with E-state index in [-0.39, 0.29) is 12.5 Å². The van der Waals surface area contributed by atoms with Crippen LogP contribution in [0.5, 0.6) is 0 Å². The van der Waals surface area contributed by atoms with Gasteiger partial charge >= 0.3 is 5.97 Å². The highest BCUT2D eigenvalue weighted by Crippen LogP contribution is 2.22. The van der Waals surface area contributed by atoms with Gasteiger partial charge in [-0.25, -0.2) is 4.98 Å². The minimum absolute atomic E-state index is 0.105. The second-order valence-corrected chi connectivity index (χ2v) is 6.21.